The van der Waals surface area contributed by atoms with Crippen LogP contribution in [0.3, 0.4) is 0 Å². The lowest BCUT2D eigenvalue weighted by Crippen LogP contribution is -2.39. The largest absolute Gasteiger partial charge is 0.349 e. The highest BCUT2D eigenvalue weighted by Crippen LogP contribution is 2.32. The molecule has 2 N–H and O–H groups in total. The van der Waals surface area contributed by atoms with Crippen LogP contribution in [-0.2, 0) is 24.3 Å². The van der Waals surface area contributed by atoms with Gasteiger partial charge < -0.3 is 15.2 Å². The third-order valence-electron chi connectivity index (χ3n) is 5.67. The first kappa shape index (κ1) is 20.5. The van der Waals surface area contributed by atoms with Crippen molar-refractivity contribution in [2.75, 3.05) is 0 Å². The van der Waals surface area contributed by atoms with Crippen molar-refractivity contribution < 1.29 is 4.79 Å². The van der Waals surface area contributed by atoms with E-state index >= 15 is 0 Å². The van der Waals surface area contributed by atoms with Gasteiger partial charge in [0, 0.05) is 31.5 Å². The Balaban J connectivity index is 0.00000113. The molecule has 6 nitrogen and oxygen atoms in total. The fourth-order valence-electron chi connectivity index (χ4n) is 4.53. The molecule has 0 saturated carbocycles. The molecular weight excluding hydrogens is 361 g/mol. The predicted octanol–water partition coefficient (Wildman–Crippen LogP) is 2.39. The lowest BCUT2D eigenvalue weighted by molar-refractivity contribution is -0.122. The summed E-state index contributed by atoms with van der Waals surface area (Å²) >= 11 is 0. The molecule has 142 valence electrons. The molecule has 1 amide bonds. The lowest BCUT2D eigenvalue weighted by atomic mass is 9.89. The van der Waals surface area contributed by atoms with Crippen LogP contribution in [0.1, 0.15) is 63.0 Å². The molecule has 0 spiro atoms. The Morgan fingerprint density at radius 3 is 2.64 bits per heavy atom. The molecular formula is C17H29Cl2N5O. The zero-order chi connectivity index (χ0) is 15.6. The van der Waals surface area contributed by atoms with E-state index in [1.807, 2.05) is 0 Å². The van der Waals surface area contributed by atoms with Crippen molar-refractivity contribution in [1.29, 1.82) is 0 Å². The maximum absolute atomic E-state index is 12.3. The number of carbonyl (C=O) groups excluding carboxylic acids is 1. The molecule has 2 atom stereocenters. The number of nitrogens with zero attached hydrogens (tertiary/aromatic N) is 3. The third-order valence-corrected chi connectivity index (χ3v) is 5.67. The van der Waals surface area contributed by atoms with Crippen molar-refractivity contribution in [3.8, 4) is 0 Å². The summed E-state index contributed by atoms with van der Waals surface area (Å²) in [6.07, 6.45) is 10.2. The average molecular weight is 390 g/mol. The van der Waals surface area contributed by atoms with Gasteiger partial charge in [0.2, 0.25) is 5.91 Å². The number of nitrogens with one attached hydrogen (secondary N) is 2. The smallest absolute Gasteiger partial charge is 0.220 e. The predicted molar refractivity (Wildman–Crippen MR) is 101 cm³/mol. The van der Waals surface area contributed by atoms with E-state index in [1.165, 1.54) is 32.1 Å². The second kappa shape index (κ2) is 9.19. The fourth-order valence-corrected chi connectivity index (χ4v) is 4.53. The number of rotatable bonds is 4. The van der Waals surface area contributed by atoms with Gasteiger partial charge in [0.1, 0.15) is 5.82 Å². The highest BCUT2D eigenvalue weighted by Gasteiger charge is 2.34. The Labute approximate surface area is 161 Å². The van der Waals surface area contributed by atoms with Gasteiger partial charge in [0.15, 0.2) is 5.82 Å². The van der Waals surface area contributed by atoms with Crippen LogP contribution in [-0.4, -0.2) is 32.8 Å². The summed E-state index contributed by atoms with van der Waals surface area (Å²) < 4.78 is 2.21. The molecule has 25 heavy (non-hydrogen) atoms. The second-order valence-corrected chi connectivity index (χ2v) is 7.45. The fraction of sp³-hybridized carbons (Fsp3) is 0.824. The number of aromatic nitrogens is 3. The summed E-state index contributed by atoms with van der Waals surface area (Å²) in [5, 5.41) is 15.3. The summed E-state index contributed by atoms with van der Waals surface area (Å²) in [7, 11) is 0. The minimum absolute atomic E-state index is 0. The number of amides is 1. The molecule has 0 aromatic carbocycles. The molecule has 2 fully saturated rings. The van der Waals surface area contributed by atoms with E-state index in [0.717, 1.165) is 37.5 Å². The number of hydrogen-bond donors (Lipinski definition) is 2. The van der Waals surface area contributed by atoms with Crippen LogP contribution in [0.2, 0.25) is 0 Å². The van der Waals surface area contributed by atoms with E-state index in [4.69, 9.17) is 0 Å². The molecule has 2 bridgehead atoms. The van der Waals surface area contributed by atoms with E-state index in [1.54, 1.807) is 0 Å². The Hall–Kier alpha value is -0.850. The summed E-state index contributed by atoms with van der Waals surface area (Å²) in [5.41, 5.74) is 0. The van der Waals surface area contributed by atoms with E-state index in [2.05, 4.69) is 25.4 Å². The first-order valence-electron chi connectivity index (χ1n) is 9.21. The Bertz CT molecular complexity index is 567. The van der Waals surface area contributed by atoms with Gasteiger partial charge in [0.25, 0.3) is 0 Å². The van der Waals surface area contributed by atoms with E-state index < -0.39 is 0 Å². The molecule has 3 aliphatic heterocycles. The van der Waals surface area contributed by atoms with E-state index in [9.17, 15) is 4.79 Å². The van der Waals surface area contributed by atoms with Gasteiger partial charge in [0.05, 0.1) is 6.54 Å². The van der Waals surface area contributed by atoms with E-state index in [-0.39, 0.29) is 30.7 Å². The summed E-state index contributed by atoms with van der Waals surface area (Å²) in [6.45, 7) is 1.51. The Kier molecular flexibility index (Phi) is 7.52. The number of halogens is 2. The minimum Gasteiger partial charge on any atom is -0.349 e. The van der Waals surface area contributed by atoms with Gasteiger partial charge in [-0.05, 0) is 44.4 Å². The van der Waals surface area contributed by atoms with Crippen LogP contribution in [0.15, 0.2) is 0 Å². The lowest BCUT2D eigenvalue weighted by Gasteiger charge is -2.28. The number of hydrogen-bond acceptors (Lipinski definition) is 4. The van der Waals surface area contributed by atoms with Gasteiger partial charge in [-0.3, -0.25) is 4.79 Å². The standard InChI is InChI=1S/C17H27N5O.2ClH/c23-17(10-12-8-13-5-6-14(9-12)19-13)18-11-16-21-20-15-4-2-1-3-7-22(15)16;;/h12-14,19H,1-11H2,(H,18,23);2*1H. The third kappa shape index (κ3) is 4.86. The van der Waals surface area contributed by atoms with Gasteiger partial charge in [-0.2, -0.15) is 0 Å². The van der Waals surface area contributed by atoms with Crippen molar-refractivity contribution in [3.05, 3.63) is 11.6 Å². The summed E-state index contributed by atoms with van der Waals surface area (Å²) in [4.78, 5) is 12.3. The van der Waals surface area contributed by atoms with Crippen molar-refractivity contribution in [2.45, 2.75) is 83.0 Å². The maximum atomic E-state index is 12.3. The van der Waals surface area contributed by atoms with Gasteiger partial charge in [-0.25, -0.2) is 0 Å². The number of carbonyl (C=O) groups is 1. The highest BCUT2D eigenvalue weighted by molar-refractivity contribution is 5.85. The highest BCUT2D eigenvalue weighted by atomic mass is 35.5. The molecule has 3 aliphatic rings. The van der Waals surface area contributed by atoms with Crippen LogP contribution in [0.5, 0.6) is 0 Å². The van der Waals surface area contributed by atoms with Crippen LogP contribution in [0.25, 0.3) is 0 Å². The SMILES string of the molecule is Cl.Cl.O=C(CC1CC2CCC(C1)N2)NCc1nnc2n1CCCCC2. The van der Waals surface area contributed by atoms with Gasteiger partial charge >= 0.3 is 0 Å². The summed E-state index contributed by atoms with van der Waals surface area (Å²) in [5.74, 6) is 2.72. The van der Waals surface area contributed by atoms with Gasteiger partial charge in [-0.1, -0.05) is 6.42 Å². The molecule has 4 heterocycles. The zero-order valence-electron chi connectivity index (χ0n) is 14.6. The van der Waals surface area contributed by atoms with E-state index in [0.29, 0.717) is 31.0 Å². The topological polar surface area (TPSA) is 71.8 Å². The molecule has 0 radical (unpaired) electrons. The molecule has 8 heteroatoms. The van der Waals surface area contributed by atoms with Crippen LogP contribution in [0, 0.1) is 5.92 Å². The van der Waals surface area contributed by atoms with Crippen molar-refractivity contribution in [3.63, 3.8) is 0 Å². The van der Waals surface area contributed by atoms with Crippen LogP contribution >= 0.6 is 24.8 Å². The first-order valence-corrected chi connectivity index (χ1v) is 9.21. The molecule has 2 saturated heterocycles. The number of fused-ring (bicyclic) bond motifs is 3. The first-order chi connectivity index (χ1) is 11.3. The zero-order valence-corrected chi connectivity index (χ0v) is 16.2. The minimum atomic E-state index is 0. The number of piperidine rings is 1. The average Bonchev–Trinajstić information content (AvgIpc) is 2.99. The van der Waals surface area contributed by atoms with Crippen molar-refractivity contribution in [2.24, 2.45) is 5.92 Å². The van der Waals surface area contributed by atoms with Crippen molar-refractivity contribution >= 4 is 30.7 Å². The van der Waals surface area contributed by atoms with Crippen LogP contribution in [0.4, 0.5) is 0 Å². The summed E-state index contributed by atoms with van der Waals surface area (Å²) in [6, 6.07) is 1.30. The monoisotopic (exact) mass is 389 g/mol. The molecule has 1 aromatic heterocycles. The second-order valence-electron chi connectivity index (χ2n) is 7.45. The number of aryl methyl sites for hydroxylation is 1. The Morgan fingerprint density at radius 2 is 1.88 bits per heavy atom. The molecule has 4 rings (SSSR count). The Morgan fingerprint density at radius 1 is 1.12 bits per heavy atom. The molecule has 1 aromatic rings. The quantitative estimate of drug-likeness (QED) is 0.828. The van der Waals surface area contributed by atoms with Crippen LogP contribution < -0.4 is 10.6 Å². The maximum Gasteiger partial charge on any atom is 0.220 e. The van der Waals surface area contributed by atoms with Crippen molar-refractivity contribution in [1.82, 2.24) is 25.4 Å². The normalized spacial score (nSPS) is 27.4. The molecule has 2 unspecified atom stereocenters. The molecule has 0 aliphatic carbocycles. The van der Waals surface area contributed by atoms with Gasteiger partial charge in [-0.15, -0.1) is 35.0 Å².